The Bertz CT molecular complexity index is 1390. The Morgan fingerprint density at radius 2 is 1.86 bits per heavy atom. The monoisotopic (exact) mass is 540 g/mol. The molecular formula is C27H22Cl2N2O4S. The quantitative estimate of drug-likeness (QED) is 0.331. The van der Waals surface area contributed by atoms with E-state index in [0.717, 1.165) is 33.5 Å². The van der Waals surface area contributed by atoms with Crippen molar-refractivity contribution >= 4 is 63.8 Å². The first-order valence-electron chi connectivity index (χ1n) is 11.0. The second kappa shape index (κ2) is 11.2. The molecule has 0 bridgehead atoms. The number of carbonyl (C=O) groups is 3. The molecule has 3 amide bonds. The van der Waals surface area contributed by atoms with Gasteiger partial charge in [0.15, 0.2) is 6.61 Å². The summed E-state index contributed by atoms with van der Waals surface area (Å²) in [6, 6.07) is 17.7. The molecule has 1 aliphatic rings. The van der Waals surface area contributed by atoms with E-state index in [0.29, 0.717) is 26.9 Å². The summed E-state index contributed by atoms with van der Waals surface area (Å²) < 4.78 is 5.64. The van der Waals surface area contributed by atoms with Crippen LogP contribution in [0.4, 0.5) is 10.5 Å². The fourth-order valence-electron chi connectivity index (χ4n) is 3.59. The van der Waals surface area contributed by atoms with Gasteiger partial charge in [0.1, 0.15) is 5.75 Å². The molecule has 3 aromatic rings. The molecule has 1 fully saturated rings. The fraction of sp³-hybridized carbons (Fsp3) is 0.148. The highest BCUT2D eigenvalue weighted by Gasteiger charge is 2.35. The van der Waals surface area contributed by atoms with E-state index < -0.39 is 5.91 Å². The summed E-state index contributed by atoms with van der Waals surface area (Å²) in [5.41, 5.74) is 4.11. The van der Waals surface area contributed by atoms with Crippen LogP contribution in [0.5, 0.6) is 5.75 Å². The molecule has 4 rings (SSSR count). The van der Waals surface area contributed by atoms with Crippen molar-refractivity contribution in [1.82, 2.24) is 4.90 Å². The summed E-state index contributed by atoms with van der Waals surface area (Å²) in [5.74, 6) is -0.226. The molecule has 1 saturated heterocycles. The van der Waals surface area contributed by atoms with Crippen molar-refractivity contribution in [2.45, 2.75) is 20.4 Å². The van der Waals surface area contributed by atoms with Crippen LogP contribution >= 0.6 is 35.0 Å². The Morgan fingerprint density at radius 1 is 1.06 bits per heavy atom. The normalized spacial score (nSPS) is 14.4. The maximum absolute atomic E-state index is 12.9. The minimum atomic E-state index is -0.407. The first-order chi connectivity index (χ1) is 17.2. The van der Waals surface area contributed by atoms with Gasteiger partial charge in [0.2, 0.25) is 0 Å². The van der Waals surface area contributed by atoms with Gasteiger partial charge < -0.3 is 10.1 Å². The van der Waals surface area contributed by atoms with Gasteiger partial charge in [-0.3, -0.25) is 19.3 Å². The average molecular weight is 541 g/mol. The van der Waals surface area contributed by atoms with Crippen molar-refractivity contribution in [2.24, 2.45) is 0 Å². The van der Waals surface area contributed by atoms with Gasteiger partial charge in [-0.2, -0.15) is 0 Å². The van der Waals surface area contributed by atoms with Crippen LogP contribution in [-0.2, 0) is 16.1 Å². The van der Waals surface area contributed by atoms with E-state index in [-0.39, 0.29) is 29.2 Å². The third-order valence-corrected chi connectivity index (χ3v) is 6.89. The van der Waals surface area contributed by atoms with Crippen LogP contribution in [0.3, 0.4) is 0 Å². The molecule has 1 heterocycles. The minimum Gasteiger partial charge on any atom is -0.484 e. The number of amides is 3. The maximum atomic E-state index is 12.9. The summed E-state index contributed by atoms with van der Waals surface area (Å²) in [4.78, 5) is 39.1. The lowest BCUT2D eigenvalue weighted by Crippen LogP contribution is -2.27. The van der Waals surface area contributed by atoms with Crippen LogP contribution in [0.2, 0.25) is 10.0 Å². The lowest BCUT2D eigenvalue weighted by atomic mass is 10.1. The standard InChI is InChI=1S/C27H22Cl2N2O4S/c1-16-6-9-23(17(2)10-16)30-25(32)15-35-21-5-3-4-18(11-21)12-24-26(33)31(27(34)36-24)14-19-7-8-20(28)13-22(19)29/h3-13H,14-15H2,1-2H3,(H,30,32)/b24-12-. The van der Waals surface area contributed by atoms with Gasteiger partial charge in [-0.05, 0) is 78.7 Å². The number of halogens is 2. The predicted molar refractivity (Wildman–Crippen MR) is 144 cm³/mol. The Hall–Kier alpha value is -3.26. The number of hydrogen-bond acceptors (Lipinski definition) is 5. The second-order valence-electron chi connectivity index (χ2n) is 8.23. The molecule has 1 aliphatic heterocycles. The first kappa shape index (κ1) is 25.8. The number of thioether (sulfide) groups is 1. The predicted octanol–water partition coefficient (Wildman–Crippen LogP) is 6.86. The van der Waals surface area contributed by atoms with Gasteiger partial charge in [0, 0.05) is 15.7 Å². The zero-order chi connectivity index (χ0) is 25.8. The van der Waals surface area contributed by atoms with Gasteiger partial charge in [-0.1, -0.05) is 59.1 Å². The third-order valence-electron chi connectivity index (χ3n) is 5.40. The number of nitrogens with zero attached hydrogens (tertiary/aromatic N) is 1. The van der Waals surface area contributed by atoms with Crippen LogP contribution < -0.4 is 10.1 Å². The Labute approximate surface area is 223 Å². The first-order valence-corrected chi connectivity index (χ1v) is 12.6. The zero-order valence-electron chi connectivity index (χ0n) is 19.5. The topological polar surface area (TPSA) is 75.7 Å². The van der Waals surface area contributed by atoms with Crippen molar-refractivity contribution in [2.75, 3.05) is 11.9 Å². The van der Waals surface area contributed by atoms with Crippen LogP contribution in [0.25, 0.3) is 6.08 Å². The lowest BCUT2D eigenvalue weighted by molar-refractivity contribution is -0.123. The van der Waals surface area contributed by atoms with Crippen LogP contribution in [0.15, 0.2) is 65.6 Å². The molecule has 0 saturated carbocycles. The zero-order valence-corrected chi connectivity index (χ0v) is 21.8. The molecular weight excluding hydrogens is 519 g/mol. The SMILES string of the molecule is Cc1ccc(NC(=O)COc2cccc(/C=C3\SC(=O)N(Cc4ccc(Cl)cc4Cl)C3=O)c2)c(C)c1. The molecule has 6 nitrogen and oxygen atoms in total. The number of nitrogens with one attached hydrogen (secondary N) is 1. The summed E-state index contributed by atoms with van der Waals surface area (Å²) in [7, 11) is 0. The van der Waals surface area contributed by atoms with Crippen molar-refractivity contribution in [3.63, 3.8) is 0 Å². The second-order valence-corrected chi connectivity index (χ2v) is 10.1. The molecule has 0 spiro atoms. The van der Waals surface area contributed by atoms with E-state index in [9.17, 15) is 14.4 Å². The van der Waals surface area contributed by atoms with Crippen molar-refractivity contribution in [3.05, 3.63) is 97.9 Å². The number of ether oxygens (including phenoxy) is 1. The largest absolute Gasteiger partial charge is 0.484 e. The van der Waals surface area contributed by atoms with Crippen molar-refractivity contribution < 1.29 is 19.1 Å². The van der Waals surface area contributed by atoms with Crippen LogP contribution in [0, 0.1) is 13.8 Å². The van der Waals surface area contributed by atoms with E-state index in [1.807, 2.05) is 32.0 Å². The van der Waals surface area contributed by atoms with Crippen molar-refractivity contribution in [3.8, 4) is 5.75 Å². The number of rotatable bonds is 7. The molecule has 0 unspecified atom stereocenters. The number of benzene rings is 3. The molecule has 0 atom stereocenters. The molecule has 184 valence electrons. The van der Waals surface area contributed by atoms with Crippen molar-refractivity contribution in [1.29, 1.82) is 0 Å². The minimum absolute atomic E-state index is 0.0523. The maximum Gasteiger partial charge on any atom is 0.293 e. The van der Waals surface area contributed by atoms with E-state index in [1.165, 1.54) is 0 Å². The highest BCUT2D eigenvalue weighted by molar-refractivity contribution is 8.18. The summed E-state index contributed by atoms with van der Waals surface area (Å²) >= 11 is 13.0. The summed E-state index contributed by atoms with van der Waals surface area (Å²) in [6.45, 7) is 3.80. The Morgan fingerprint density at radius 3 is 2.61 bits per heavy atom. The number of hydrogen-bond donors (Lipinski definition) is 1. The number of anilines is 1. The lowest BCUT2D eigenvalue weighted by Gasteiger charge is -2.13. The highest BCUT2D eigenvalue weighted by atomic mass is 35.5. The van der Waals surface area contributed by atoms with E-state index in [1.54, 1.807) is 48.5 Å². The Balaban J connectivity index is 1.40. The van der Waals surface area contributed by atoms with Crippen LogP contribution in [0.1, 0.15) is 22.3 Å². The summed E-state index contributed by atoms with van der Waals surface area (Å²) in [6.07, 6.45) is 1.62. The fourth-order valence-corrected chi connectivity index (χ4v) is 4.90. The smallest absolute Gasteiger partial charge is 0.293 e. The molecule has 0 aromatic heterocycles. The number of aryl methyl sites for hydroxylation is 2. The molecule has 0 aliphatic carbocycles. The molecule has 36 heavy (non-hydrogen) atoms. The molecule has 3 aromatic carbocycles. The number of carbonyl (C=O) groups excluding carboxylic acids is 3. The van der Waals surface area contributed by atoms with Gasteiger partial charge in [-0.15, -0.1) is 0 Å². The Kier molecular flexibility index (Phi) is 8.04. The molecule has 0 radical (unpaired) electrons. The van der Waals surface area contributed by atoms with Gasteiger partial charge in [-0.25, -0.2) is 0 Å². The third kappa shape index (κ3) is 6.29. The molecule has 1 N–H and O–H groups in total. The summed E-state index contributed by atoms with van der Waals surface area (Å²) in [5, 5.41) is 3.32. The van der Waals surface area contributed by atoms with Gasteiger partial charge in [0.05, 0.1) is 11.4 Å². The van der Waals surface area contributed by atoms with Gasteiger partial charge in [0.25, 0.3) is 17.1 Å². The average Bonchev–Trinajstić information content (AvgIpc) is 3.08. The van der Waals surface area contributed by atoms with E-state index in [4.69, 9.17) is 27.9 Å². The van der Waals surface area contributed by atoms with E-state index >= 15 is 0 Å². The number of imide groups is 1. The van der Waals surface area contributed by atoms with Gasteiger partial charge >= 0.3 is 0 Å². The van der Waals surface area contributed by atoms with Crippen LogP contribution in [-0.4, -0.2) is 28.6 Å². The highest BCUT2D eigenvalue weighted by Crippen LogP contribution is 2.35. The molecule has 9 heteroatoms. The van der Waals surface area contributed by atoms with E-state index in [2.05, 4.69) is 5.32 Å².